The molecule has 90 valence electrons. The highest BCUT2D eigenvalue weighted by Crippen LogP contribution is 2.00. The summed E-state index contributed by atoms with van der Waals surface area (Å²) in [5, 5.41) is 0. The van der Waals surface area contributed by atoms with Gasteiger partial charge < -0.3 is 4.74 Å². The lowest BCUT2D eigenvalue weighted by molar-refractivity contribution is -0.140. The molecule has 3 nitrogen and oxygen atoms in total. The van der Waals surface area contributed by atoms with Gasteiger partial charge in [-0.1, -0.05) is 26.7 Å². The predicted octanol–water partition coefficient (Wildman–Crippen LogP) is 3.12. The van der Waals surface area contributed by atoms with Crippen molar-refractivity contribution in [3.63, 3.8) is 0 Å². The third kappa shape index (κ3) is 19.5. The number of hydrogen-bond acceptors (Lipinski definition) is 3. The molecule has 0 heterocycles. The summed E-state index contributed by atoms with van der Waals surface area (Å²) < 4.78 is 4.40. The van der Waals surface area contributed by atoms with Crippen molar-refractivity contribution in [2.24, 2.45) is 0 Å². The first-order valence-corrected chi connectivity index (χ1v) is 5.73. The second-order valence-electron chi connectivity index (χ2n) is 3.27. The number of esters is 1. The molecule has 3 heteroatoms. The first-order chi connectivity index (χ1) is 7.08. The molecular formula is C12H24O3. The Kier molecular flexibility index (Phi) is 14.5. The van der Waals surface area contributed by atoms with Crippen LogP contribution in [0.1, 0.15) is 59.8 Å². The summed E-state index contributed by atoms with van der Waals surface area (Å²) in [5.41, 5.74) is 0. The highest BCUT2D eigenvalue weighted by molar-refractivity contribution is 5.77. The minimum atomic E-state index is -0.211. The van der Waals surface area contributed by atoms with Gasteiger partial charge in [0.05, 0.1) is 6.61 Å². The van der Waals surface area contributed by atoms with Crippen molar-refractivity contribution in [1.29, 1.82) is 0 Å². The Bertz CT molecular complexity index is 164. The lowest BCUT2D eigenvalue weighted by Gasteiger charge is -1.93. The van der Waals surface area contributed by atoms with Gasteiger partial charge in [0.15, 0.2) is 0 Å². The van der Waals surface area contributed by atoms with Crippen LogP contribution in [0, 0.1) is 0 Å². The fourth-order valence-electron chi connectivity index (χ4n) is 0.952. The number of ketones is 1. The lowest BCUT2D eigenvalue weighted by Crippen LogP contribution is -1.95. The third-order valence-electron chi connectivity index (χ3n) is 1.80. The first kappa shape index (κ1) is 16.6. The molecule has 0 unspecified atom stereocenters. The summed E-state index contributed by atoms with van der Waals surface area (Å²) in [5.74, 6) is 0.195. The Morgan fingerprint density at radius 2 is 1.67 bits per heavy atom. The van der Waals surface area contributed by atoms with Crippen LogP contribution in [0.15, 0.2) is 0 Å². The highest BCUT2D eigenvalue weighted by atomic mass is 16.5. The van der Waals surface area contributed by atoms with Gasteiger partial charge in [-0.25, -0.2) is 0 Å². The summed E-state index contributed by atoms with van der Waals surface area (Å²) in [6.07, 6.45) is 5.00. The number of Topliss-reactive ketones (excluding diaryl/α,β-unsaturated/α-hetero) is 1. The molecule has 0 aliphatic carbocycles. The zero-order chi connectivity index (χ0) is 12.1. The van der Waals surface area contributed by atoms with E-state index in [4.69, 9.17) is 0 Å². The van der Waals surface area contributed by atoms with Gasteiger partial charge in [-0.2, -0.15) is 0 Å². The van der Waals surface area contributed by atoms with Crippen LogP contribution in [0.2, 0.25) is 0 Å². The number of carbonyl (C=O) groups is 2. The molecule has 0 rings (SSSR count). The van der Waals surface area contributed by atoms with Gasteiger partial charge in [0.25, 0.3) is 0 Å². The zero-order valence-electron chi connectivity index (χ0n) is 10.5. The third-order valence-corrected chi connectivity index (χ3v) is 1.80. The average Bonchev–Trinajstić information content (AvgIpc) is 2.18. The van der Waals surface area contributed by atoms with Crippen LogP contribution < -0.4 is 0 Å². The van der Waals surface area contributed by atoms with Crippen molar-refractivity contribution in [3.8, 4) is 0 Å². The van der Waals surface area contributed by atoms with Crippen LogP contribution in [0.5, 0.6) is 0 Å². The molecule has 0 saturated carbocycles. The number of ether oxygens (including phenoxy) is 1. The first-order valence-electron chi connectivity index (χ1n) is 5.73. The number of unbranched alkanes of at least 4 members (excludes halogenated alkanes) is 2. The molecule has 0 spiro atoms. The lowest BCUT2D eigenvalue weighted by atomic mass is 10.1. The van der Waals surface area contributed by atoms with Crippen molar-refractivity contribution in [3.05, 3.63) is 0 Å². The zero-order valence-corrected chi connectivity index (χ0v) is 10.5. The topological polar surface area (TPSA) is 43.4 Å². The van der Waals surface area contributed by atoms with E-state index in [0.29, 0.717) is 18.8 Å². The smallest absolute Gasteiger partial charge is 0.302 e. The van der Waals surface area contributed by atoms with E-state index >= 15 is 0 Å². The van der Waals surface area contributed by atoms with E-state index in [9.17, 15) is 9.59 Å². The quantitative estimate of drug-likeness (QED) is 0.506. The van der Waals surface area contributed by atoms with Crippen molar-refractivity contribution >= 4 is 11.8 Å². The Morgan fingerprint density at radius 1 is 1.07 bits per heavy atom. The van der Waals surface area contributed by atoms with Gasteiger partial charge in [0.1, 0.15) is 5.78 Å². The second kappa shape index (κ2) is 13.1. The molecule has 0 aromatic carbocycles. The van der Waals surface area contributed by atoms with Gasteiger partial charge >= 0.3 is 5.97 Å². The predicted molar refractivity (Wildman–Crippen MR) is 61.7 cm³/mol. The molecule has 15 heavy (non-hydrogen) atoms. The Labute approximate surface area is 93.2 Å². The van der Waals surface area contributed by atoms with Crippen LogP contribution in [0.4, 0.5) is 0 Å². The van der Waals surface area contributed by atoms with Crippen LogP contribution in [-0.4, -0.2) is 18.4 Å². The van der Waals surface area contributed by atoms with Crippen molar-refractivity contribution in [1.82, 2.24) is 0 Å². The summed E-state index contributed by atoms with van der Waals surface area (Å²) >= 11 is 0. The SMILES string of the molecule is CCCCCC(=O)CC.CCOC(C)=O. The van der Waals surface area contributed by atoms with E-state index in [2.05, 4.69) is 11.7 Å². The minimum Gasteiger partial charge on any atom is -0.466 e. The molecule has 0 aliphatic heterocycles. The second-order valence-corrected chi connectivity index (χ2v) is 3.27. The molecule has 0 aromatic heterocycles. The van der Waals surface area contributed by atoms with Crippen LogP contribution >= 0.6 is 0 Å². The standard InChI is InChI=1S/C8H16O.C4H8O2/c1-3-5-6-7-8(9)4-2;1-3-6-4(2)5/h3-7H2,1-2H3;3H2,1-2H3. The Morgan fingerprint density at radius 3 is 1.93 bits per heavy atom. The Balaban J connectivity index is 0. The number of rotatable bonds is 6. The van der Waals surface area contributed by atoms with E-state index < -0.39 is 0 Å². The average molecular weight is 216 g/mol. The van der Waals surface area contributed by atoms with Gasteiger partial charge in [-0.15, -0.1) is 0 Å². The van der Waals surface area contributed by atoms with Crippen LogP contribution in [-0.2, 0) is 14.3 Å². The normalized spacial score (nSPS) is 8.80. The molecule has 0 radical (unpaired) electrons. The molecule has 0 aliphatic rings. The monoisotopic (exact) mass is 216 g/mol. The van der Waals surface area contributed by atoms with E-state index in [0.717, 1.165) is 12.8 Å². The van der Waals surface area contributed by atoms with Crippen molar-refractivity contribution < 1.29 is 14.3 Å². The molecule has 0 saturated heterocycles. The summed E-state index contributed by atoms with van der Waals surface area (Å²) in [7, 11) is 0. The van der Waals surface area contributed by atoms with E-state index in [1.165, 1.54) is 19.8 Å². The molecule has 0 amide bonds. The van der Waals surface area contributed by atoms with E-state index in [-0.39, 0.29) is 5.97 Å². The maximum absolute atomic E-state index is 10.7. The fourth-order valence-corrected chi connectivity index (χ4v) is 0.952. The molecule has 0 fully saturated rings. The van der Waals surface area contributed by atoms with Gasteiger partial charge in [0, 0.05) is 19.8 Å². The van der Waals surface area contributed by atoms with Crippen LogP contribution in [0.25, 0.3) is 0 Å². The van der Waals surface area contributed by atoms with Gasteiger partial charge in [-0.05, 0) is 13.3 Å². The van der Waals surface area contributed by atoms with Crippen LogP contribution in [0.3, 0.4) is 0 Å². The van der Waals surface area contributed by atoms with Crippen molar-refractivity contribution in [2.45, 2.75) is 59.8 Å². The van der Waals surface area contributed by atoms with E-state index in [1.54, 1.807) is 6.92 Å². The van der Waals surface area contributed by atoms with Gasteiger partial charge in [0.2, 0.25) is 0 Å². The molecule has 0 atom stereocenters. The summed E-state index contributed by atoms with van der Waals surface area (Å²) in [6.45, 7) is 7.73. The molecule has 0 bridgehead atoms. The summed E-state index contributed by atoms with van der Waals surface area (Å²) in [4.78, 5) is 20.5. The van der Waals surface area contributed by atoms with Crippen molar-refractivity contribution in [2.75, 3.05) is 6.61 Å². The minimum absolute atomic E-state index is 0.211. The molecular weight excluding hydrogens is 192 g/mol. The summed E-state index contributed by atoms with van der Waals surface area (Å²) in [6, 6.07) is 0. The maximum atomic E-state index is 10.7. The number of carbonyl (C=O) groups excluding carboxylic acids is 2. The van der Waals surface area contributed by atoms with E-state index in [1.807, 2.05) is 6.92 Å². The Hall–Kier alpha value is -0.860. The number of hydrogen-bond donors (Lipinski definition) is 0. The highest BCUT2D eigenvalue weighted by Gasteiger charge is 1.95. The maximum Gasteiger partial charge on any atom is 0.302 e. The van der Waals surface area contributed by atoms with Gasteiger partial charge in [-0.3, -0.25) is 9.59 Å². The molecule has 0 aromatic rings. The largest absolute Gasteiger partial charge is 0.466 e. The molecule has 0 N–H and O–H groups in total. The fraction of sp³-hybridized carbons (Fsp3) is 0.833.